The summed E-state index contributed by atoms with van der Waals surface area (Å²) in [5, 5.41) is 10.6. The van der Waals surface area contributed by atoms with E-state index in [4.69, 9.17) is 4.74 Å². The predicted octanol–water partition coefficient (Wildman–Crippen LogP) is 1.70. The van der Waals surface area contributed by atoms with Gasteiger partial charge in [-0.3, -0.25) is 19.9 Å². The topological polar surface area (TPSA) is 82.3 Å². The number of rotatable bonds is 6. The molecule has 0 spiro atoms. The molecule has 0 aliphatic rings. The summed E-state index contributed by atoms with van der Waals surface area (Å²) < 4.78 is 4.81. The van der Waals surface area contributed by atoms with Crippen LogP contribution in [0.4, 0.5) is 0 Å². The summed E-state index contributed by atoms with van der Waals surface area (Å²) >= 11 is 0. The van der Waals surface area contributed by atoms with Crippen LogP contribution in [0.15, 0.2) is 18.3 Å². The van der Waals surface area contributed by atoms with Gasteiger partial charge in [-0.15, -0.1) is 0 Å². The molecule has 0 N–H and O–H groups in total. The average Bonchev–Trinajstić information content (AvgIpc) is 2.28. The van der Waals surface area contributed by atoms with Gasteiger partial charge in [0.05, 0.1) is 24.6 Å². The van der Waals surface area contributed by atoms with E-state index in [1.165, 1.54) is 0 Å². The van der Waals surface area contributed by atoms with Gasteiger partial charge in [0.2, 0.25) is 6.54 Å². The lowest BCUT2D eigenvalue weighted by Gasteiger charge is -2.11. The Morgan fingerprint density at radius 2 is 2.28 bits per heavy atom. The lowest BCUT2D eigenvalue weighted by molar-refractivity contribution is -0.483. The predicted molar refractivity (Wildman–Crippen MR) is 64.8 cm³/mol. The van der Waals surface area contributed by atoms with Gasteiger partial charge in [0.15, 0.2) is 0 Å². The molecule has 0 radical (unpaired) electrons. The van der Waals surface area contributed by atoms with E-state index in [9.17, 15) is 14.9 Å². The first-order chi connectivity index (χ1) is 8.52. The van der Waals surface area contributed by atoms with Crippen LogP contribution in [0, 0.1) is 17.0 Å². The maximum atomic E-state index is 11.4. The van der Waals surface area contributed by atoms with Gasteiger partial charge >= 0.3 is 5.97 Å². The van der Waals surface area contributed by atoms with Gasteiger partial charge in [-0.1, -0.05) is 6.07 Å². The minimum absolute atomic E-state index is 0.0229. The molecule has 6 heteroatoms. The van der Waals surface area contributed by atoms with E-state index in [-0.39, 0.29) is 19.6 Å². The van der Waals surface area contributed by atoms with Crippen molar-refractivity contribution in [1.29, 1.82) is 0 Å². The zero-order valence-corrected chi connectivity index (χ0v) is 10.5. The largest absolute Gasteiger partial charge is 0.466 e. The normalized spacial score (nSPS) is 11.9. The molecule has 0 bridgehead atoms. The molecule has 1 aromatic rings. The van der Waals surface area contributed by atoms with E-state index in [2.05, 4.69) is 4.98 Å². The summed E-state index contributed by atoms with van der Waals surface area (Å²) in [5.41, 5.74) is 1.51. The summed E-state index contributed by atoms with van der Waals surface area (Å²) in [6.07, 6.45) is 1.61. The van der Waals surface area contributed by atoms with E-state index < -0.39 is 16.8 Å². The second-order valence-electron chi connectivity index (χ2n) is 3.98. The van der Waals surface area contributed by atoms with E-state index in [0.717, 1.165) is 5.56 Å². The van der Waals surface area contributed by atoms with Crippen molar-refractivity contribution in [3.8, 4) is 0 Å². The summed E-state index contributed by atoms with van der Waals surface area (Å²) in [7, 11) is 0. The fraction of sp³-hybridized carbons (Fsp3) is 0.500. The quantitative estimate of drug-likeness (QED) is 0.437. The summed E-state index contributed by atoms with van der Waals surface area (Å²) in [6.45, 7) is 3.52. The molecule has 1 unspecified atom stereocenters. The number of carbonyl (C=O) groups is 1. The van der Waals surface area contributed by atoms with Gasteiger partial charge in [0.25, 0.3) is 0 Å². The number of aromatic nitrogens is 1. The van der Waals surface area contributed by atoms with Crippen LogP contribution in [0.5, 0.6) is 0 Å². The van der Waals surface area contributed by atoms with Crippen LogP contribution in [0.25, 0.3) is 0 Å². The van der Waals surface area contributed by atoms with Gasteiger partial charge in [0.1, 0.15) is 0 Å². The number of nitrogens with zero attached hydrogens (tertiary/aromatic N) is 2. The molecule has 18 heavy (non-hydrogen) atoms. The summed E-state index contributed by atoms with van der Waals surface area (Å²) in [5.74, 6) is -0.980. The monoisotopic (exact) mass is 252 g/mol. The molecule has 0 saturated carbocycles. The third-order valence-corrected chi connectivity index (χ3v) is 2.44. The second kappa shape index (κ2) is 6.68. The summed E-state index contributed by atoms with van der Waals surface area (Å²) in [4.78, 5) is 25.7. The van der Waals surface area contributed by atoms with E-state index >= 15 is 0 Å². The van der Waals surface area contributed by atoms with E-state index in [1.807, 2.05) is 13.0 Å². The maximum Gasteiger partial charge on any atom is 0.306 e. The molecule has 1 heterocycles. The number of pyridine rings is 1. The molecule has 1 rings (SSSR count). The lowest BCUT2D eigenvalue weighted by Crippen LogP contribution is -2.18. The number of esters is 1. The van der Waals surface area contributed by atoms with Crippen LogP contribution < -0.4 is 0 Å². The third kappa shape index (κ3) is 4.48. The molecule has 0 aliphatic carbocycles. The van der Waals surface area contributed by atoms with Gasteiger partial charge in [-0.05, 0) is 25.5 Å². The van der Waals surface area contributed by atoms with Crippen LogP contribution in [-0.2, 0) is 9.53 Å². The molecule has 1 aromatic heterocycles. The van der Waals surface area contributed by atoms with Crippen molar-refractivity contribution >= 4 is 5.97 Å². The highest BCUT2D eigenvalue weighted by Crippen LogP contribution is 2.18. The van der Waals surface area contributed by atoms with E-state index in [1.54, 1.807) is 19.2 Å². The second-order valence-corrected chi connectivity index (χ2v) is 3.98. The van der Waals surface area contributed by atoms with Crippen molar-refractivity contribution in [2.24, 2.45) is 0 Å². The molecular formula is C12H16N2O4. The van der Waals surface area contributed by atoms with Crippen LogP contribution >= 0.6 is 0 Å². The molecule has 0 aromatic carbocycles. The Morgan fingerprint density at radius 3 is 2.78 bits per heavy atom. The van der Waals surface area contributed by atoms with Gasteiger partial charge in [-0.25, -0.2) is 0 Å². The first-order valence-corrected chi connectivity index (χ1v) is 5.73. The molecule has 6 nitrogen and oxygen atoms in total. The third-order valence-electron chi connectivity index (χ3n) is 2.44. The maximum absolute atomic E-state index is 11.4. The average molecular weight is 252 g/mol. The SMILES string of the molecule is CCOC(=O)CC(C[N+](=O)[O-])c1ccc(C)cn1. The fourth-order valence-electron chi connectivity index (χ4n) is 1.58. The smallest absolute Gasteiger partial charge is 0.306 e. The number of nitro groups is 1. The van der Waals surface area contributed by atoms with Crippen LogP contribution in [0.2, 0.25) is 0 Å². The minimum atomic E-state index is -0.542. The molecule has 98 valence electrons. The Kier molecular flexibility index (Phi) is 5.23. The first kappa shape index (κ1) is 14.1. The van der Waals surface area contributed by atoms with Gasteiger partial charge in [0, 0.05) is 11.1 Å². The first-order valence-electron chi connectivity index (χ1n) is 5.73. The number of carbonyl (C=O) groups excluding carboxylic acids is 1. The minimum Gasteiger partial charge on any atom is -0.466 e. The number of hydrogen-bond donors (Lipinski definition) is 0. The fourth-order valence-corrected chi connectivity index (χ4v) is 1.58. The number of hydrogen-bond acceptors (Lipinski definition) is 5. The van der Waals surface area contributed by atoms with Crippen LogP contribution in [0.3, 0.4) is 0 Å². The Labute approximate surface area is 105 Å². The van der Waals surface area contributed by atoms with Crippen molar-refractivity contribution in [2.45, 2.75) is 26.2 Å². The van der Waals surface area contributed by atoms with Gasteiger partial charge < -0.3 is 4.74 Å². The van der Waals surface area contributed by atoms with Crippen molar-refractivity contribution in [3.63, 3.8) is 0 Å². The molecule has 0 saturated heterocycles. The van der Waals surface area contributed by atoms with Crippen LogP contribution in [0.1, 0.15) is 30.5 Å². The molecule has 0 aliphatic heterocycles. The van der Waals surface area contributed by atoms with Crippen molar-refractivity contribution < 1.29 is 14.5 Å². The number of aryl methyl sites for hydroxylation is 1. The van der Waals surface area contributed by atoms with Gasteiger partial charge in [-0.2, -0.15) is 0 Å². The van der Waals surface area contributed by atoms with Crippen molar-refractivity contribution in [1.82, 2.24) is 4.98 Å². The molecule has 0 amide bonds. The Bertz CT molecular complexity index is 417. The molecule has 1 atom stereocenters. The Hall–Kier alpha value is -1.98. The van der Waals surface area contributed by atoms with Crippen LogP contribution in [-0.4, -0.2) is 29.0 Å². The highest BCUT2D eigenvalue weighted by molar-refractivity contribution is 5.70. The zero-order chi connectivity index (χ0) is 13.5. The van der Waals surface area contributed by atoms with Crippen molar-refractivity contribution in [3.05, 3.63) is 39.7 Å². The molecular weight excluding hydrogens is 236 g/mol. The Balaban J connectivity index is 2.80. The lowest BCUT2D eigenvalue weighted by atomic mass is 10.0. The van der Waals surface area contributed by atoms with E-state index in [0.29, 0.717) is 5.69 Å². The Morgan fingerprint density at radius 1 is 1.56 bits per heavy atom. The highest BCUT2D eigenvalue weighted by Gasteiger charge is 2.23. The number of ether oxygens (including phenoxy) is 1. The standard InChI is InChI=1S/C12H16N2O4/c1-3-18-12(15)6-10(8-14(16)17)11-5-4-9(2)7-13-11/h4-5,7,10H,3,6,8H2,1-2H3. The molecule has 0 fully saturated rings. The van der Waals surface area contributed by atoms with Crippen molar-refractivity contribution in [2.75, 3.05) is 13.2 Å². The highest BCUT2D eigenvalue weighted by atomic mass is 16.6. The zero-order valence-electron chi connectivity index (χ0n) is 10.5. The summed E-state index contributed by atoms with van der Waals surface area (Å²) in [6, 6.07) is 3.53.